The third-order valence-corrected chi connectivity index (χ3v) is 3.35. The Labute approximate surface area is 120 Å². The molecule has 0 bridgehead atoms. The first-order valence-electron chi connectivity index (χ1n) is 6.85. The molecule has 1 heterocycles. The summed E-state index contributed by atoms with van der Waals surface area (Å²) >= 11 is 0. The Morgan fingerprint density at radius 3 is 2.95 bits per heavy atom. The van der Waals surface area contributed by atoms with Gasteiger partial charge in [-0.3, -0.25) is 0 Å². The minimum Gasteiger partial charge on any atom is -0.370 e. The third kappa shape index (κ3) is 3.49. The molecule has 1 aromatic rings. The molecule has 1 aromatic carbocycles. The van der Waals surface area contributed by atoms with E-state index in [-0.39, 0.29) is 6.04 Å². The fraction of sp³-hybridized carbons (Fsp3) is 0.467. The van der Waals surface area contributed by atoms with Crippen LogP contribution in [0.4, 0.5) is 11.4 Å². The summed E-state index contributed by atoms with van der Waals surface area (Å²) in [5.41, 5.74) is 8.36. The van der Waals surface area contributed by atoms with Crippen molar-refractivity contribution in [2.24, 2.45) is 10.7 Å². The van der Waals surface area contributed by atoms with Crippen LogP contribution >= 0.6 is 0 Å². The molecule has 0 spiro atoms. The van der Waals surface area contributed by atoms with Crippen LogP contribution in [-0.4, -0.2) is 44.5 Å². The van der Waals surface area contributed by atoms with Crippen LogP contribution in [0.5, 0.6) is 0 Å². The number of aliphatic imine (C=N–C) groups is 1. The van der Waals surface area contributed by atoms with Crippen LogP contribution in [0, 0.1) is 11.3 Å². The highest BCUT2D eigenvalue weighted by Crippen LogP contribution is 2.26. The number of nitrogens with two attached hydrogens (primary N) is 1. The molecule has 1 aliphatic heterocycles. The summed E-state index contributed by atoms with van der Waals surface area (Å²) in [4.78, 5) is 8.40. The van der Waals surface area contributed by atoms with E-state index in [2.05, 4.69) is 16.0 Å². The SMILES string of the molecule is CN(C)C=Nc1ccc(N2CCCC(N)C2)cc1C#N. The third-order valence-electron chi connectivity index (χ3n) is 3.35. The van der Waals surface area contributed by atoms with Crippen molar-refractivity contribution in [3.8, 4) is 6.07 Å². The Morgan fingerprint density at radius 2 is 2.30 bits per heavy atom. The molecule has 2 N–H and O–H groups in total. The van der Waals surface area contributed by atoms with Crippen molar-refractivity contribution in [2.45, 2.75) is 18.9 Å². The number of nitrogens with zero attached hydrogens (tertiary/aromatic N) is 4. The molecule has 0 radical (unpaired) electrons. The average Bonchev–Trinajstić information content (AvgIpc) is 2.44. The first kappa shape index (κ1) is 14.4. The monoisotopic (exact) mass is 271 g/mol. The summed E-state index contributed by atoms with van der Waals surface area (Å²) < 4.78 is 0. The molecule has 2 rings (SSSR count). The first-order chi connectivity index (χ1) is 9.60. The predicted molar refractivity (Wildman–Crippen MR) is 82.4 cm³/mol. The number of rotatable bonds is 3. The summed E-state index contributed by atoms with van der Waals surface area (Å²) in [5, 5.41) is 9.28. The van der Waals surface area contributed by atoms with Crippen molar-refractivity contribution >= 4 is 17.7 Å². The lowest BCUT2D eigenvalue weighted by Crippen LogP contribution is -2.42. The van der Waals surface area contributed by atoms with Crippen molar-refractivity contribution < 1.29 is 0 Å². The average molecular weight is 271 g/mol. The number of hydrogen-bond acceptors (Lipinski definition) is 4. The lowest BCUT2D eigenvalue weighted by molar-refractivity contribution is 0.506. The van der Waals surface area contributed by atoms with Crippen molar-refractivity contribution in [3.05, 3.63) is 23.8 Å². The van der Waals surface area contributed by atoms with Gasteiger partial charge in [0.25, 0.3) is 0 Å². The van der Waals surface area contributed by atoms with Crippen LogP contribution in [0.25, 0.3) is 0 Å². The number of piperidine rings is 1. The van der Waals surface area contributed by atoms with Gasteiger partial charge in [-0.1, -0.05) is 0 Å². The Balaban J connectivity index is 2.23. The maximum Gasteiger partial charge on any atom is 0.101 e. The van der Waals surface area contributed by atoms with Crippen LogP contribution in [0.15, 0.2) is 23.2 Å². The molecule has 106 valence electrons. The van der Waals surface area contributed by atoms with E-state index in [1.165, 1.54) is 0 Å². The molecule has 1 aliphatic rings. The van der Waals surface area contributed by atoms with Crippen LogP contribution < -0.4 is 10.6 Å². The van der Waals surface area contributed by atoms with Gasteiger partial charge in [0.15, 0.2) is 0 Å². The Morgan fingerprint density at radius 1 is 1.50 bits per heavy atom. The summed E-state index contributed by atoms with van der Waals surface area (Å²) in [6.45, 7) is 1.85. The fourth-order valence-corrected chi connectivity index (χ4v) is 2.35. The standard InChI is InChI=1S/C15H21N5/c1-19(2)11-18-15-6-5-14(8-12(15)9-16)20-7-3-4-13(17)10-20/h5-6,8,11,13H,3-4,7,10,17H2,1-2H3. The normalized spacial score (nSPS) is 19.1. The Hall–Kier alpha value is -2.06. The zero-order valence-corrected chi connectivity index (χ0v) is 12.1. The van der Waals surface area contributed by atoms with Gasteiger partial charge in [-0.05, 0) is 31.0 Å². The maximum atomic E-state index is 9.28. The minimum atomic E-state index is 0.223. The van der Waals surface area contributed by atoms with Crippen LogP contribution in [0.3, 0.4) is 0 Å². The summed E-state index contributed by atoms with van der Waals surface area (Å²) in [6, 6.07) is 8.26. The lowest BCUT2D eigenvalue weighted by Gasteiger charge is -2.32. The quantitative estimate of drug-likeness (QED) is 0.671. The maximum absolute atomic E-state index is 9.28. The Bertz CT molecular complexity index is 530. The van der Waals surface area contributed by atoms with E-state index in [1.54, 1.807) is 6.34 Å². The van der Waals surface area contributed by atoms with Gasteiger partial charge >= 0.3 is 0 Å². The van der Waals surface area contributed by atoms with E-state index in [9.17, 15) is 5.26 Å². The Kier molecular flexibility index (Phi) is 4.59. The smallest absolute Gasteiger partial charge is 0.101 e. The van der Waals surface area contributed by atoms with E-state index in [1.807, 2.05) is 37.2 Å². The highest BCUT2D eigenvalue weighted by molar-refractivity contribution is 5.68. The molecule has 5 nitrogen and oxygen atoms in total. The second-order valence-corrected chi connectivity index (χ2v) is 5.37. The van der Waals surface area contributed by atoms with E-state index in [4.69, 9.17) is 5.73 Å². The fourth-order valence-electron chi connectivity index (χ4n) is 2.35. The molecule has 20 heavy (non-hydrogen) atoms. The second-order valence-electron chi connectivity index (χ2n) is 5.37. The first-order valence-corrected chi connectivity index (χ1v) is 6.85. The zero-order chi connectivity index (χ0) is 14.5. The van der Waals surface area contributed by atoms with Gasteiger partial charge in [0.1, 0.15) is 6.07 Å². The van der Waals surface area contributed by atoms with Gasteiger partial charge < -0.3 is 15.5 Å². The summed E-state index contributed by atoms with van der Waals surface area (Å²) in [7, 11) is 3.80. The second kappa shape index (κ2) is 6.40. The van der Waals surface area contributed by atoms with Gasteiger partial charge in [0.05, 0.1) is 17.6 Å². The van der Waals surface area contributed by atoms with E-state index < -0.39 is 0 Å². The molecular formula is C15H21N5. The molecule has 1 unspecified atom stereocenters. The van der Waals surface area contributed by atoms with Crippen molar-refractivity contribution in [2.75, 3.05) is 32.1 Å². The number of anilines is 1. The number of nitriles is 1. The largest absolute Gasteiger partial charge is 0.370 e. The van der Waals surface area contributed by atoms with E-state index >= 15 is 0 Å². The summed E-state index contributed by atoms with van der Waals surface area (Å²) in [5.74, 6) is 0. The van der Waals surface area contributed by atoms with Gasteiger partial charge in [-0.2, -0.15) is 5.26 Å². The molecule has 0 amide bonds. The molecule has 0 saturated carbocycles. The van der Waals surface area contributed by atoms with Crippen LogP contribution in [-0.2, 0) is 0 Å². The van der Waals surface area contributed by atoms with Gasteiger partial charge in [-0.25, -0.2) is 4.99 Å². The number of hydrogen-bond donors (Lipinski definition) is 1. The molecule has 5 heteroatoms. The van der Waals surface area contributed by atoms with Gasteiger partial charge in [0.2, 0.25) is 0 Å². The van der Waals surface area contributed by atoms with Crippen molar-refractivity contribution in [1.29, 1.82) is 5.26 Å². The van der Waals surface area contributed by atoms with E-state index in [0.717, 1.165) is 31.6 Å². The molecule has 1 fully saturated rings. The van der Waals surface area contributed by atoms with Crippen LogP contribution in [0.2, 0.25) is 0 Å². The number of benzene rings is 1. The predicted octanol–water partition coefficient (Wildman–Crippen LogP) is 1.71. The van der Waals surface area contributed by atoms with E-state index in [0.29, 0.717) is 11.3 Å². The molecule has 0 aliphatic carbocycles. The minimum absolute atomic E-state index is 0.223. The van der Waals surface area contributed by atoms with Crippen molar-refractivity contribution in [3.63, 3.8) is 0 Å². The van der Waals surface area contributed by atoms with Gasteiger partial charge in [-0.15, -0.1) is 0 Å². The van der Waals surface area contributed by atoms with Gasteiger partial charge in [0, 0.05) is 38.9 Å². The highest BCUT2D eigenvalue weighted by atomic mass is 15.1. The molecule has 1 saturated heterocycles. The zero-order valence-electron chi connectivity index (χ0n) is 12.1. The molecular weight excluding hydrogens is 250 g/mol. The molecule has 1 atom stereocenters. The lowest BCUT2D eigenvalue weighted by atomic mass is 10.0. The van der Waals surface area contributed by atoms with Crippen LogP contribution in [0.1, 0.15) is 18.4 Å². The molecule has 0 aromatic heterocycles. The van der Waals surface area contributed by atoms with Crippen molar-refractivity contribution in [1.82, 2.24) is 4.90 Å². The highest BCUT2D eigenvalue weighted by Gasteiger charge is 2.17. The topological polar surface area (TPSA) is 68.7 Å². The summed E-state index contributed by atoms with van der Waals surface area (Å²) in [6.07, 6.45) is 3.88.